The summed E-state index contributed by atoms with van der Waals surface area (Å²) in [6, 6.07) is 0.570. The first-order valence-electron chi connectivity index (χ1n) is 7.27. The lowest BCUT2D eigenvalue weighted by Gasteiger charge is -2.46. The lowest BCUT2D eigenvalue weighted by atomic mass is 9.78. The molecule has 1 saturated carbocycles. The minimum atomic E-state index is -4.20. The van der Waals surface area contributed by atoms with E-state index in [2.05, 4.69) is 18.7 Å². The molecular formula is C14H24F3NO. The maximum absolute atomic E-state index is 12.0. The maximum atomic E-state index is 12.0. The minimum Gasteiger partial charge on any atom is -0.366 e. The first-order valence-corrected chi connectivity index (χ1v) is 7.27. The lowest BCUT2D eigenvalue weighted by molar-refractivity contribution is -0.202. The van der Waals surface area contributed by atoms with Crippen LogP contribution in [0.25, 0.3) is 0 Å². The van der Waals surface area contributed by atoms with Crippen LogP contribution in [0.1, 0.15) is 39.5 Å². The van der Waals surface area contributed by atoms with E-state index in [0.717, 1.165) is 11.8 Å². The van der Waals surface area contributed by atoms with Gasteiger partial charge in [0.2, 0.25) is 0 Å². The molecule has 2 rings (SSSR count). The van der Waals surface area contributed by atoms with Crippen LogP contribution in [0.15, 0.2) is 0 Å². The lowest BCUT2D eigenvalue weighted by Crippen LogP contribution is -2.57. The van der Waals surface area contributed by atoms with E-state index in [1.54, 1.807) is 0 Å². The van der Waals surface area contributed by atoms with E-state index in [4.69, 9.17) is 4.74 Å². The van der Waals surface area contributed by atoms with Crippen LogP contribution in [0.3, 0.4) is 0 Å². The van der Waals surface area contributed by atoms with Crippen molar-refractivity contribution in [2.75, 3.05) is 19.7 Å². The number of ether oxygens (including phenoxy) is 1. The van der Waals surface area contributed by atoms with E-state index in [-0.39, 0.29) is 6.10 Å². The van der Waals surface area contributed by atoms with E-state index in [1.807, 2.05) is 0 Å². The molecule has 0 radical (unpaired) electrons. The molecule has 1 aliphatic carbocycles. The Labute approximate surface area is 113 Å². The largest absolute Gasteiger partial charge is 0.411 e. The summed E-state index contributed by atoms with van der Waals surface area (Å²) in [6.45, 7) is 4.79. The highest BCUT2D eigenvalue weighted by molar-refractivity contribution is 4.89. The Morgan fingerprint density at radius 3 is 2.16 bits per heavy atom. The van der Waals surface area contributed by atoms with Crippen LogP contribution in [0.5, 0.6) is 0 Å². The Hall–Kier alpha value is -0.290. The molecule has 19 heavy (non-hydrogen) atoms. The molecule has 2 fully saturated rings. The fourth-order valence-electron chi connectivity index (χ4n) is 3.22. The Morgan fingerprint density at radius 2 is 1.68 bits per heavy atom. The second-order valence-corrected chi connectivity index (χ2v) is 6.31. The molecule has 1 aliphatic heterocycles. The monoisotopic (exact) mass is 279 g/mol. The number of halogens is 3. The first kappa shape index (κ1) is 15.1. The molecule has 5 heteroatoms. The molecule has 0 N–H and O–H groups in total. The summed E-state index contributed by atoms with van der Waals surface area (Å²) in [5.41, 5.74) is 0. The SMILES string of the molecule is CC(C)C1CCC(N2CC(OCC(F)(F)F)C2)CC1. The molecule has 2 nitrogen and oxygen atoms in total. The molecule has 0 amide bonds. The molecule has 0 aromatic heterocycles. The molecule has 0 aromatic carbocycles. The van der Waals surface area contributed by atoms with Crippen LogP contribution < -0.4 is 0 Å². The molecule has 1 saturated heterocycles. The van der Waals surface area contributed by atoms with Gasteiger partial charge < -0.3 is 4.74 Å². The predicted octanol–water partition coefficient (Wildman–Crippen LogP) is 3.46. The maximum Gasteiger partial charge on any atom is 0.411 e. The quantitative estimate of drug-likeness (QED) is 0.781. The second kappa shape index (κ2) is 6.00. The number of alkyl halides is 3. The second-order valence-electron chi connectivity index (χ2n) is 6.31. The van der Waals surface area contributed by atoms with E-state index in [0.29, 0.717) is 19.1 Å². The minimum absolute atomic E-state index is 0.218. The van der Waals surface area contributed by atoms with Crippen molar-refractivity contribution in [2.45, 2.75) is 57.9 Å². The third-order valence-electron chi connectivity index (χ3n) is 4.56. The number of hydrogen-bond donors (Lipinski definition) is 0. The van der Waals surface area contributed by atoms with Gasteiger partial charge in [-0.15, -0.1) is 0 Å². The molecule has 1 heterocycles. The molecule has 0 aromatic rings. The molecule has 0 atom stereocenters. The van der Waals surface area contributed by atoms with Crippen LogP contribution in [0.2, 0.25) is 0 Å². The standard InChI is InChI=1S/C14H24F3NO/c1-10(2)11-3-5-12(6-4-11)18-7-13(8-18)19-9-14(15,16)17/h10-13H,3-9H2,1-2H3. The average molecular weight is 279 g/mol. The molecule has 0 spiro atoms. The van der Waals surface area contributed by atoms with Crippen molar-refractivity contribution < 1.29 is 17.9 Å². The van der Waals surface area contributed by atoms with Gasteiger partial charge in [0, 0.05) is 19.1 Å². The van der Waals surface area contributed by atoms with Gasteiger partial charge in [0.05, 0.1) is 6.10 Å². The Bertz CT molecular complexity index is 279. The fourth-order valence-corrected chi connectivity index (χ4v) is 3.22. The van der Waals surface area contributed by atoms with Crippen molar-refractivity contribution in [3.63, 3.8) is 0 Å². The molecule has 0 bridgehead atoms. The van der Waals surface area contributed by atoms with Crippen LogP contribution >= 0.6 is 0 Å². The van der Waals surface area contributed by atoms with Gasteiger partial charge in [-0.05, 0) is 37.5 Å². The van der Waals surface area contributed by atoms with E-state index < -0.39 is 12.8 Å². The highest BCUT2D eigenvalue weighted by Gasteiger charge is 2.37. The van der Waals surface area contributed by atoms with Gasteiger partial charge in [-0.3, -0.25) is 4.90 Å². The van der Waals surface area contributed by atoms with Gasteiger partial charge >= 0.3 is 6.18 Å². The summed E-state index contributed by atoms with van der Waals surface area (Å²) < 4.78 is 40.9. The Balaban J connectivity index is 1.63. The van der Waals surface area contributed by atoms with Crippen molar-refractivity contribution >= 4 is 0 Å². The highest BCUT2D eigenvalue weighted by Crippen LogP contribution is 2.34. The molecule has 2 aliphatic rings. The van der Waals surface area contributed by atoms with Crippen LogP contribution in [-0.4, -0.2) is 42.9 Å². The zero-order chi connectivity index (χ0) is 14.0. The summed E-state index contributed by atoms with van der Waals surface area (Å²) in [7, 11) is 0. The van der Waals surface area contributed by atoms with E-state index in [1.165, 1.54) is 25.7 Å². The Morgan fingerprint density at radius 1 is 1.11 bits per heavy atom. The van der Waals surface area contributed by atoms with Gasteiger partial charge in [-0.25, -0.2) is 0 Å². The molecule has 0 unspecified atom stereocenters. The van der Waals surface area contributed by atoms with Crippen molar-refractivity contribution in [3.05, 3.63) is 0 Å². The van der Waals surface area contributed by atoms with Crippen LogP contribution in [-0.2, 0) is 4.74 Å². The van der Waals surface area contributed by atoms with E-state index >= 15 is 0 Å². The number of hydrogen-bond acceptors (Lipinski definition) is 2. The first-order chi connectivity index (χ1) is 8.85. The average Bonchev–Trinajstić information content (AvgIpc) is 2.26. The summed E-state index contributed by atoms with van der Waals surface area (Å²) in [5, 5.41) is 0. The molecule has 112 valence electrons. The van der Waals surface area contributed by atoms with Gasteiger partial charge in [0.15, 0.2) is 0 Å². The number of rotatable bonds is 4. The van der Waals surface area contributed by atoms with Crippen LogP contribution in [0, 0.1) is 11.8 Å². The van der Waals surface area contributed by atoms with Gasteiger partial charge in [0.25, 0.3) is 0 Å². The van der Waals surface area contributed by atoms with Crippen molar-refractivity contribution in [2.24, 2.45) is 11.8 Å². The zero-order valence-corrected chi connectivity index (χ0v) is 11.7. The third kappa shape index (κ3) is 4.35. The summed E-state index contributed by atoms with van der Waals surface area (Å²) >= 11 is 0. The Kier molecular flexibility index (Phi) is 4.77. The fraction of sp³-hybridized carbons (Fsp3) is 1.00. The van der Waals surface area contributed by atoms with Gasteiger partial charge in [0.1, 0.15) is 6.61 Å². The highest BCUT2D eigenvalue weighted by atomic mass is 19.4. The summed E-state index contributed by atoms with van der Waals surface area (Å²) in [4.78, 5) is 2.29. The number of nitrogens with zero attached hydrogens (tertiary/aromatic N) is 1. The topological polar surface area (TPSA) is 12.5 Å². The van der Waals surface area contributed by atoms with E-state index in [9.17, 15) is 13.2 Å². The van der Waals surface area contributed by atoms with Crippen LogP contribution in [0.4, 0.5) is 13.2 Å². The summed E-state index contributed by atoms with van der Waals surface area (Å²) in [6.07, 6.45) is 0.476. The van der Waals surface area contributed by atoms with Crippen molar-refractivity contribution in [1.29, 1.82) is 0 Å². The smallest absolute Gasteiger partial charge is 0.366 e. The third-order valence-corrected chi connectivity index (χ3v) is 4.56. The van der Waals surface area contributed by atoms with Crippen molar-refractivity contribution in [1.82, 2.24) is 4.90 Å². The zero-order valence-electron chi connectivity index (χ0n) is 11.7. The number of likely N-dealkylation sites (tertiary alicyclic amines) is 1. The predicted molar refractivity (Wildman–Crippen MR) is 68.0 cm³/mol. The van der Waals surface area contributed by atoms with Gasteiger partial charge in [-0.2, -0.15) is 13.2 Å². The summed E-state index contributed by atoms with van der Waals surface area (Å²) in [5.74, 6) is 1.58. The molecular weight excluding hydrogens is 255 g/mol. The normalized spacial score (nSPS) is 30.6. The van der Waals surface area contributed by atoms with Crippen molar-refractivity contribution in [3.8, 4) is 0 Å². The van der Waals surface area contributed by atoms with Gasteiger partial charge in [-0.1, -0.05) is 13.8 Å².